The topological polar surface area (TPSA) is 37.8 Å². The van der Waals surface area contributed by atoms with Gasteiger partial charge in [-0.15, -0.1) is 10.2 Å². The van der Waals surface area contributed by atoms with E-state index in [0.717, 1.165) is 29.4 Å². The largest absolute Gasteiger partial charge is 0.320 e. The molecule has 90 valence electrons. The van der Waals surface area contributed by atoms with E-state index in [4.69, 9.17) is 0 Å². The Kier molecular flexibility index (Phi) is 4.23. The van der Waals surface area contributed by atoms with Gasteiger partial charge < -0.3 is 5.32 Å². The van der Waals surface area contributed by atoms with Gasteiger partial charge in [0.2, 0.25) is 0 Å². The molecule has 3 nitrogen and oxygen atoms in total. The minimum atomic E-state index is 1.00. The highest BCUT2D eigenvalue weighted by molar-refractivity contribution is 7.14. The molecule has 0 aliphatic rings. The zero-order valence-corrected chi connectivity index (χ0v) is 11.0. The molecule has 0 amide bonds. The molecule has 0 unspecified atom stereocenters. The lowest BCUT2D eigenvalue weighted by atomic mass is 10.1. The smallest absolute Gasteiger partial charge is 0.148 e. The standard InChI is InChI=1S/C13H17N3S/c1-10-6-3-4-7-11(10)13-16-15-12(17-13)8-5-9-14-2/h3-4,6-7,14H,5,8-9H2,1-2H3. The van der Waals surface area contributed by atoms with Crippen LogP contribution < -0.4 is 5.32 Å². The van der Waals surface area contributed by atoms with Crippen molar-refractivity contribution in [2.24, 2.45) is 0 Å². The summed E-state index contributed by atoms with van der Waals surface area (Å²) in [5, 5.41) is 13.8. The van der Waals surface area contributed by atoms with E-state index < -0.39 is 0 Å². The van der Waals surface area contributed by atoms with Crippen LogP contribution in [-0.2, 0) is 6.42 Å². The number of aromatic nitrogens is 2. The molecule has 0 aliphatic carbocycles. The number of aryl methyl sites for hydroxylation is 2. The maximum atomic E-state index is 4.27. The highest BCUT2D eigenvalue weighted by Crippen LogP contribution is 2.26. The van der Waals surface area contributed by atoms with Gasteiger partial charge in [-0.3, -0.25) is 0 Å². The number of hydrogen-bond acceptors (Lipinski definition) is 4. The van der Waals surface area contributed by atoms with E-state index >= 15 is 0 Å². The predicted octanol–water partition coefficient (Wildman–Crippen LogP) is 2.67. The number of hydrogen-bond donors (Lipinski definition) is 1. The third-order valence-electron chi connectivity index (χ3n) is 2.66. The number of rotatable bonds is 5. The van der Waals surface area contributed by atoms with E-state index in [1.54, 1.807) is 11.3 Å². The summed E-state index contributed by atoms with van der Waals surface area (Å²) in [7, 11) is 1.97. The first-order chi connectivity index (χ1) is 8.31. The van der Waals surface area contributed by atoms with E-state index in [-0.39, 0.29) is 0 Å². The summed E-state index contributed by atoms with van der Waals surface area (Å²) in [6.07, 6.45) is 2.11. The van der Waals surface area contributed by atoms with Crippen molar-refractivity contribution >= 4 is 11.3 Å². The van der Waals surface area contributed by atoms with Crippen LogP contribution >= 0.6 is 11.3 Å². The molecular formula is C13H17N3S. The summed E-state index contributed by atoms with van der Waals surface area (Å²) >= 11 is 1.70. The lowest BCUT2D eigenvalue weighted by Crippen LogP contribution is -2.08. The second-order valence-corrected chi connectivity index (χ2v) is 5.09. The monoisotopic (exact) mass is 247 g/mol. The molecule has 2 aromatic rings. The lowest BCUT2D eigenvalue weighted by Gasteiger charge is -1.99. The van der Waals surface area contributed by atoms with Crippen LogP contribution in [0.1, 0.15) is 17.0 Å². The third-order valence-corrected chi connectivity index (χ3v) is 3.68. The predicted molar refractivity (Wildman–Crippen MR) is 72.3 cm³/mol. The zero-order valence-electron chi connectivity index (χ0n) is 10.2. The Morgan fingerprint density at radius 3 is 2.82 bits per heavy atom. The van der Waals surface area contributed by atoms with Crippen LogP contribution in [0.2, 0.25) is 0 Å². The van der Waals surface area contributed by atoms with Crippen LogP contribution in [0.5, 0.6) is 0 Å². The van der Waals surface area contributed by atoms with Gasteiger partial charge in [-0.05, 0) is 32.5 Å². The summed E-state index contributed by atoms with van der Waals surface area (Å²) in [5.74, 6) is 0. The molecule has 0 atom stereocenters. The molecule has 1 N–H and O–H groups in total. The average Bonchev–Trinajstić information content (AvgIpc) is 2.79. The van der Waals surface area contributed by atoms with Gasteiger partial charge in [-0.25, -0.2) is 0 Å². The fraction of sp³-hybridized carbons (Fsp3) is 0.385. The van der Waals surface area contributed by atoms with Crippen LogP contribution in [0.4, 0.5) is 0 Å². The van der Waals surface area contributed by atoms with Crippen LogP contribution in [-0.4, -0.2) is 23.8 Å². The quantitative estimate of drug-likeness (QED) is 0.825. The van der Waals surface area contributed by atoms with E-state index in [1.807, 2.05) is 19.2 Å². The Morgan fingerprint density at radius 1 is 1.24 bits per heavy atom. The van der Waals surface area contributed by atoms with Gasteiger partial charge in [0.1, 0.15) is 10.0 Å². The number of nitrogens with zero attached hydrogens (tertiary/aromatic N) is 2. The Bertz CT molecular complexity index is 479. The van der Waals surface area contributed by atoms with Gasteiger partial charge in [-0.2, -0.15) is 0 Å². The molecule has 2 rings (SSSR count). The Morgan fingerprint density at radius 2 is 2.06 bits per heavy atom. The maximum Gasteiger partial charge on any atom is 0.148 e. The van der Waals surface area contributed by atoms with Gasteiger partial charge in [0.25, 0.3) is 0 Å². The van der Waals surface area contributed by atoms with E-state index in [1.165, 1.54) is 11.1 Å². The molecule has 0 saturated carbocycles. The Labute approximate surface area is 106 Å². The normalized spacial score (nSPS) is 10.7. The van der Waals surface area contributed by atoms with Crippen molar-refractivity contribution in [3.05, 3.63) is 34.8 Å². The van der Waals surface area contributed by atoms with E-state index in [9.17, 15) is 0 Å². The molecule has 0 aliphatic heterocycles. The summed E-state index contributed by atoms with van der Waals surface area (Å²) in [6.45, 7) is 3.14. The summed E-state index contributed by atoms with van der Waals surface area (Å²) in [6, 6.07) is 8.31. The Hall–Kier alpha value is -1.26. The molecule has 4 heteroatoms. The fourth-order valence-electron chi connectivity index (χ4n) is 1.69. The SMILES string of the molecule is CNCCCc1nnc(-c2ccccc2C)s1. The second kappa shape index (κ2) is 5.89. The van der Waals surface area contributed by atoms with E-state index in [2.05, 4.69) is 34.6 Å². The minimum Gasteiger partial charge on any atom is -0.320 e. The van der Waals surface area contributed by atoms with Crippen molar-refractivity contribution in [3.63, 3.8) is 0 Å². The van der Waals surface area contributed by atoms with Crippen LogP contribution in [0.3, 0.4) is 0 Å². The molecule has 0 bridgehead atoms. The van der Waals surface area contributed by atoms with Crippen LogP contribution in [0.25, 0.3) is 10.6 Å². The zero-order chi connectivity index (χ0) is 12.1. The summed E-state index contributed by atoms with van der Waals surface area (Å²) in [5.41, 5.74) is 2.45. The molecule has 0 fully saturated rings. The molecular weight excluding hydrogens is 230 g/mol. The lowest BCUT2D eigenvalue weighted by molar-refractivity contribution is 0.718. The maximum absolute atomic E-state index is 4.27. The van der Waals surface area contributed by atoms with Gasteiger partial charge in [0.15, 0.2) is 0 Å². The molecule has 1 heterocycles. The van der Waals surface area contributed by atoms with Gasteiger partial charge in [-0.1, -0.05) is 35.6 Å². The van der Waals surface area contributed by atoms with Crippen molar-refractivity contribution in [3.8, 4) is 10.6 Å². The first-order valence-corrected chi connectivity index (χ1v) is 6.66. The first kappa shape index (κ1) is 12.2. The molecule has 0 saturated heterocycles. The van der Waals surface area contributed by atoms with Gasteiger partial charge in [0.05, 0.1) is 0 Å². The van der Waals surface area contributed by atoms with Crippen molar-refractivity contribution < 1.29 is 0 Å². The molecule has 1 aromatic carbocycles. The highest BCUT2D eigenvalue weighted by atomic mass is 32.1. The van der Waals surface area contributed by atoms with Gasteiger partial charge >= 0.3 is 0 Å². The summed E-state index contributed by atoms with van der Waals surface area (Å²) < 4.78 is 0. The molecule has 0 spiro atoms. The molecule has 17 heavy (non-hydrogen) atoms. The number of nitrogens with one attached hydrogen (secondary N) is 1. The van der Waals surface area contributed by atoms with Crippen molar-refractivity contribution in [2.45, 2.75) is 19.8 Å². The number of benzene rings is 1. The van der Waals surface area contributed by atoms with Gasteiger partial charge in [0, 0.05) is 12.0 Å². The van der Waals surface area contributed by atoms with Crippen molar-refractivity contribution in [2.75, 3.05) is 13.6 Å². The Balaban J connectivity index is 2.10. The third kappa shape index (κ3) is 3.11. The van der Waals surface area contributed by atoms with Crippen molar-refractivity contribution in [1.29, 1.82) is 0 Å². The summed E-state index contributed by atoms with van der Waals surface area (Å²) in [4.78, 5) is 0. The molecule has 0 radical (unpaired) electrons. The van der Waals surface area contributed by atoms with Crippen molar-refractivity contribution in [1.82, 2.24) is 15.5 Å². The fourth-order valence-corrected chi connectivity index (χ4v) is 2.66. The minimum absolute atomic E-state index is 1.00. The van der Waals surface area contributed by atoms with E-state index in [0.29, 0.717) is 0 Å². The van der Waals surface area contributed by atoms with Crippen LogP contribution in [0.15, 0.2) is 24.3 Å². The van der Waals surface area contributed by atoms with Crippen LogP contribution in [0, 0.1) is 6.92 Å². The molecule has 1 aromatic heterocycles. The first-order valence-electron chi connectivity index (χ1n) is 5.84. The average molecular weight is 247 g/mol. The highest BCUT2D eigenvalue weighted by Gasteiger charge is 2.07. The second-order valence-electron chi connectivity index (χ2n) is 4.02.